The van der Waals surface area contributed by atoms with Gasteiger partial charge in [-0.2, -0.15) is 0 Å². The van der Waals surface area contributed by atoms with Crippen LogP contribution in [-0.2, 0) is 0 Å². The van der Waals surface area contributed by atoms with Gasteiger partial charge in [0.1, 0.15) is 5.82 Å². The van der Waals surface area contributed by atoms with Crippen LogP contribution in [0, 0.1) is 12.7 Å². The van der Waals surface area contributed by atoms with Crippen molar-refractivity contribution in [3.8, 4) is 5.75 Å². The Hall–Kier alpha value is -2.63. The Morgan fingerprint density at radius 2 is 2.14 bits per heavy atom. The zero-order valence-electron chi connectivity index (χ0n) is 12.5. The van der Waals surface area contributed by atoms with E-state index in [1.807, 2.05) is 6.92 Å². The number of ether oxygens (including phenoxy) is 1. The fraction of sp³-hybridized carbons (Fsp3) is 0.250. The summed E-state index contributed by atoms with van der Waals surface area (Å²) in [7, 11) is 0. The van der Waals surface area contributed by atoms with Gasteiger partial charge >= 0.3 is 0 Å². The molecule has 1 heterocycles. The van der Waals surface area contributed by atoms with E-state index in [1.54, 1.807) is 25.1 Å². The highest BCUT2D eigenvalue weighted by atomic mass is 19.1. The first-order valence-electron chi connectivity index (χ1n) is 6.98. The number of pyridine rings is 1. The molecule has 116 valence electrons. The molecular weight excluding hydrogens is 285 g/mol. The zero-order valence-corrected chi connectivity index (χ0v) is 12.5. The van der Waals surface area contributed by atoms with E-state index in [9.17, 15) is 9.18 Å². The molecule has 6 heteroatoms. The van der Waals surface area contributed by atoms with Gasteiger partial charge in [0.2, 0.25) is 0 Å². The average Bonchev–Trinajstić information content (AvgIpc) is 2.48. The van der Waals surface area contributed by atoms with Gasteiger partial charge < -0.3 is 15.8 Å². The number of hydrogen-bond donors (Lipinski definition) is 2. The molecule has 2 rings (SSSR count). The van der Waals surface area contributed by atoms with E-state index < -0.39 is 11.7 Å². The van der Waals surface area contributed by atoms with E-state index in [4.69, 9.17) is 10.5 Å². The Balaban J connectivity index is 2.21. The normalized spacial score (nSPS) is 10.3. The summed E-state index contributed by atoms with van der Waals surface area (Å²) < 4.78 is 19.5. The third-order valence-electron chi connectivity index (χ3n) is 2.98. The summed E-state index contributed by atoms with van der Waals surface area (Å²) >= 11 is 0. The van der Waals surface area contributed by atoms with E-state index in [0.717, 1.165) is 6.42 Å². The van der Waals surface area contributed by atoms with Crippen LogP contribution in [0.3, 0.4) is 0 Å². The van der Waals surface area contributed by atoms with Crippen molar-refractivity contribution < 1.29 is 13.9 Å². The number of aryl methyl sites for hydroxylation is 1. The lowest BCUT2D eigenvalue weighted by molar-refractivity contribution is 0.102. The van der Waals surface area contributed by atoms with Gasteiger partial charge in [0.15, 0.2) is 11.6 Å². The monoisotopic (exact) mass is 303 g/mol. The summed E-state index contributed by atoms with van der Waals surface area (Å²) in [6.07, 6.45) is 0.765. The summed E-state index contributed by atoms with van der Waals surface area (Å²) in [6, 6.07) is 7.82. The molecule has 1 aromatic carbocycles. The van der Waals surface area contributed by atoms with Gasteiger partial charge in [-0.05, 0) is 37.6 Å². The third-order valence-corrected chi connectivity index (χ3v) is 2.98. The summed E-state index contributed by atoms with van der Waals surface area (Å²) in [6.45, 7) is 4.10. The van der Waals surface area contributed by atoms with Gasteiger partial charge in [-0.1, -0.05) is 13.0 Å². The summed E-state index contributed by atoms with van der Waals surface area (Å²) in [5, 5.41) is 2.49. The quantitative estimate of drug-likeness (QED) is 0.889. The number of carbonyl (C=O) groups excluding carboxylic acids is 1. The first kappa shape index (κ1) is 15.8. The summed E-state index contributed by atoms with van der Waals surface area (Å²) in [5.41, 5.74) is 6.66. The van der Waals surface area contributed by atoms with Crippen LogP contribution < -0.4 is 15.8 Å². The lowest BCUT2D eigenvalue weighted by Gasteiger charge is -2.11. The number of amides is 1. The number of nitrogens with one attached hydrogen (secondary N) is 1. The predicted molar refractivity (Wildman–Crippen MR) is 83.5 cm³/mol. The van der Waals surface area contributed by atoms with Crippen LogP contribution in [0.15, 0.2) is 30.3 Å². The molecule has 0 radical (unpaired) electrons. The molecule has 0 unspecified atom stereocenters. The molecule has 0 aliphatic rings. The second-order valence-electron chi connectivity index (χ2n) is 4.81. The number of halogens is 1. The maximum Gasteiger partial charge on any atom is 0.259 e. The standard InChI is InChI=1S/C16H18FN3O2/c1-3-9-22-13-6-4-5-12(14(13)17)20-16(21)11-8-7-10(2)19-15(11)18/h4-8H,3,9H2,1-2H3,(H2,18,19)(H,20,21). The third kappa shape index (κ3) is 3.52. The molecule has 0 aliphatic carbocycles. The average molecular weight is 303 g/mol. The van der Waals surface area contributed by atoms with Crippen LogP contribution in [0.5, 0.6) is 5.75 Å². The minimum atomic E-state index is -0.608. The number of aromatic nitrogens is 1. The molecule has 22 heavy (non-hydrogen) atoms. The van der Waals surface area contributed by atoms with Crippen LogP contribution in [0.2, 0.25) is 0 Å². The van der Waals surface area contributed by atoms with Crippen molar-refractivity contribution in [2.75, 3.05) is 17.7 Å². The number of hydrogen-bond acceptors (Lipinski definition) is 4. The first-order chi connectivity index (χ1) is 10.5. The second-order valence-corrected chi connectivity index (χ2v) is 4.81. The number of carbonyl (C=O) groups is 1. The number of benzene rings is 1. The molecule has 0 fully saturated rings. The molecule has 5 nitrogen and oxygen atoms in total. The molecule has 0 aliphatic heterocycles. The molecule has 2 aromatic rings. The van der Waals surface area contributed by atoms with Crippen LogP contribution >= 0.6 is 0 Å². The SMILES string of the molecule is CCCOc1cccc(NC(=O)c2ccc(C)nc2N)c1F. The van der Waals surface area contributed by atoms with Crippen LogP contribution in [0.1, 0.15) is 29.4 Å². The zero-order chi connectivity index (χ0) is 16.1. The molecule has 1 aromatic heterocycles. The Morgan fingerprint density at radius 3 is 2.82 bits per heavy atom. The fourth-order valence-corrected chi connectivity index (χ4v) is 1.89. The molecule has 0 spiro atoms. The second kappa shape index (κ2) is 6.89. The number of nitrogen functional groups attached to an aromatic ring is 1. The van der Waals surface area contributed by atoms with Crippen LogP contribution in [0.25, 0.3) is 0 Å². The van der Waals surface area contributed by atoms with Gasteiger partial charge in [0.25, 0.3) is 5.91 Å². The fourth-order valence-electron chi connectivity index (χ4n) is 1.89. The number of nitrogens with two attached hydrogens (primary N) is 1. The minimum Gasteiger partial charge on any atom is -0.490 e. The van der Waals surface area contributed by atoms with E-state index in [-0.39, 0.29) is 22.8 Å². The van der Waals surface area contributed by atoms with Crippen molar-refractivity contribution in [1.29, 1.82) is 0 Å². The Labute approximate surface area is 128 Å². The lowest BCUT2D eigenvalue weighted by atomic mass is 10.2. The molecule has 1 amide bonds. The first-order valence-corrected chi connectivity index (χ1v) is 6.98. The van der Waals surface area contributed by atoms with Gasteiger partial charge in [-0.3, -0.25) is 4.79 Å². The van der Waals surface area contributed by atoms with Crippen molar-refractivity contribution in [2.45, 2.75) is 20.3 Å². The highest BCUT2D eigenvalue weighted by molar-refractivity contribution is 6.07. The van der Waals surface area contributed by atoms with Crippen molar-refractivity contribution in [2.24, 2.45) is 0 Å². The maximum absolute atomic E-state index is 14.3. The molecule has 0 saturated heterocycles. The van der Waals surface area contributed by atoms with Gasteiger partial charge in [-0.15, -0.1) is 0 Å². The molecule has 0 bridgehead atoms. The van der Waals surface area contributed by atoms with Crippen molar-refractivity contribution in [3.63, 3.8) is 0 Å². The predicted octanol–water partition coefficient (Wildman–Crippen LogP) is 3.15. The minimum absolute atomic E-state index is 0.0404. The lowest BCUT2D eigenvalue weighted by Crippen LogP contribution is -2.16. The van der Waals surface area contributed by atoms with Gasteiger partial charge in [0.05, 0.1) is 17.9 Å². The summed E-state index contributed by atoms with van der Waals surface area (Å²) in [4.78, 5) is 16.2. The van der Waals surface area contributed by atoms with E-state index in [1.165, 1.54) is 12.1 Å². The molecule has 3 N–H and O–H groups in total. The number of anilines is 2. The van der Waals surface area contributed by atoms with E-state index >= 15 is 0 Å². The Morgan fingerprint density at radius 1 is 1.36 bits per heavy atom. The van der Waals surface area contributed by atoms with Gasteiger partial charge in [-0.25, -0.2) is 9.37 Å². The van der Waals surface area contributed by atoms with Crippen molar-refractivity contribution in [3.05, 3.63) is 47.4 Å². The van der Waals surface area contributed by atoms with Crippen LogP contribution in [-0.4, -0.2) is 17.5 Å². The van der Waals surface area contributed by atoms with E-state index in [2.05, 4.69) is 10.3 Å². The highest BCUT2D eigenvalue weighted by Gasteiger charge is 2.15. The highest BCUT2D eigenvalue weighted by Crippen LogP contribution is 2.25. The van der Waals surface area contributed by atoms with Crippen LogP contribution in [0.4, 0.5) is 15.9 Å². The Bertz CT molecular complexity index is 689. The molecular formula is C16H18FN3O2. The summed E-state index contributed by atoms with van der Waals surface area (Å²) in [5.74, 6) is -0.912. The smallest absolute Gasteiger partial charge is 0.259 e. The number of rotatable bonds is 5. The Kier molecular flexibility index (Phi) is 4.93. The molecule has 0 atom stereocenters. The molecule has 0 saturated carbocycles. The van der Waals surface area contributed by atoms with Gasteiger partial charge in [0, 0.05) is 5.69 Å². The maximum atomic E-state index is 14.3. The van der Waals surface area contributed by atoms with Crippen molar-refractivity contribution in [1.82, 2.24) is 4.98 Å². The van der Waals surface area contributed by atoms with Crippen molar-refractivity contribution >= 4 is 17.4 Å². The number of nitrogens with zero attached hydrogens (tertiary/aromatic N) is 1. The van der Waals surface area contributed by atoms with E-state index in [0.29, 0.717) is 12.3 Å². The largest absolute Gasteiger partial charge is 0.490 e. The topological polar surface area (TPSA) is 77.2 Å².